The third-order valence-corrected chi connectivity index (χ3v) is 6.07. The quantitative estimate of drug-likeness (QED) is 0.570. The minimum Gasteiger partial charge on any atom is -0.346 e. The number of carbonyl (C=O) groups is 3. The summed E-state index contributed by atoms with van der Waals surface area (Å²) in [6, 6.07) is 9.98. The molecule has 3 rings (SSSR count). The molecular formula is C26H34N4O3. The number of nitrogens with zero attached hydrogens (tertiary/aromatic N) is 2. The number of rotatable bonds is 9. The maximum atomic E-state index is 12.7. The van der Waals surface area contributed by atoms with Crippen LogP contribution < -0.4 is 10.6 Å². The Morgan fingerprint density at radius 3 is 2.70 bits per heavy atom. The molecule has 2 aromatic rings. The Kier molecular flexibility index (Phi) is 8.33. The van der Waals surface area contributed by atoms with E-state index in [1.165, 1.54) is 5.56 Å². The van der Waals surface area contributed by atoms with Crippen LogP contribution in [0.15, 0.2) is 36.5 Å². The predicted molar refractivity (Wildman–Crippen MR) is 130 cm³/mol. The highest BCUT2D eigenvalue weighted by molar-refractivity contribution is 6.05. The summed E-state index contributed by atoms with van der Waals surface area (Å²) >= 11 is 0. The fourth-order valence-corrected chi connectivity index (χ4v) is 3.92. The molecule has 2 heterocycles. The molecule has 1 aliphatic heterocycles. The molecule has 1 atom stereocenters. The number of benzene rings is 1. The molecule has 7 heteroatoms. The lowest BCUT2D eigenvalue weighted by molar-refractivity contribution is -0.133. The molecule has 0 spiro atoms. The summed E-state index contributed by atoms with van der Waals surface area (Å²) in [4.78, 5) is 43.4. The number of hydrogen-bond donors (Lipinski definition) is 2. The Hall–Kier alpha value is -3.06. The van der Waals surface area contributed by atoms with Gasteiger partial charge in [0.25, 0.3) is 0 Å². The molecule has 2 N–H and O–H groups in total. The van der Waals surface area contributed by atoms with Gasteiger partial charge in [0.1, 0.15) is 5.69 Å². The third kappa shape index (κ3) is 6.48. The lowest BCUT2D eigenvalue weighted by Gasteiger charge is -2.28. The molecule has 1 aromatic carbocycles. The third-order valence-electron chi connectivity index (χ3n) is 6.07. The normalized spacial score (nSPS) is 16.2. The van der Waals surface area contributed by atoms with Crippen molar-refractivity contribution in [2.24, 2.45) is 11.8 Å². The zero-order valence-electron chi connectivity index (χ0n) is 20.0. The average molecular weight is 451 g/mol. The van der Waals surface area contributed by atoms with Gasteiger partial charge in [-0.3, -0.25) is 19.4 Å². The highest BCUT2D eigenvalue weighted by Crippen LogP contribution is 2.26. The lowest BCUT2D eigenvalue weighted by Crippen LogP contribution is -2.40. The number of aromatic nitrogens is 1. The first-order valence-corrected chi connectivity index (χ1v) is 11.7. The minimum atomic E-state index is -0.242. The summed E-state index contributed by atoms with van der Waals surface area (Å²) < 4.78 is 0. The minimum absolute atomic E-state index is 0.103. The second kappa shape index (κ2) is 11.2. The second-order valence-corrected chi connectivity index (χ2v) is 9.05. The van der Waals surface area contributed by atoms with Crippen LogP contribution >= 0.6 is 0 Å². The first-order valence-electron chi connectivity index (χ1n) is 11.7. The number of hydrogen-bond acceptors (Lipinski definition) is 5. The number of aryl methyl sites for hydroxylation is 1. The number of amides is 2. The van der Waals surface area contributed by atoms with E-state index < -0.39 is 0 Å². The van der Waals surface area contributed by atoms with Crippen molar-refractivity contribution in [3.8, 4) is 11.1 Å². The molecule has 0 radical (unpaired) electrons. The van der Waals surface area contributed by atoms with E-state index in [0.717, 1.165) is 30.5 Å². The molecule has 1 aromatic heterocycles. The summed E-state index contributed by atoms with van der Waals surface area (Å²) in [5.74, 6) is -0.215. The average Bonchev–Trinajstić information content (AvgIpc) is 2.81. The number of carbonyl (C=O) groups excluding carboxylic acids is 3. The maximum absolute atomic E-state index is 12.7. The van der Waals surface area contributed by atoms with Crippen molar-refractivity contribution in [2.45, 2.75) is 40.0 Å². The number of anilines is 1. The van der Waals surface area contributed by atoms with Crippen molar-refractivity contribution in [3.63, 3.8) is 0 Å². The van der Waals surface area contributed by atoms with E-state index in [-0.39, 0.29) is 41.7 Å². The topological polar surface area (TPSA) is 91.4 Å². The molecule has 1 aliphatic rings. The number of Topliss-reactive ketones (excluding diaryl/α,β-unsaturated/α-hetero) is 1. The second-order valence-electron chi connectivity index (χ2n) is 9.05. The summed E-state index contributed by atoms with van der Waals surface area (Å²) in [5.41, 5.74) is 3.74. The van der Waals surface area contributed by atoms with Crippen LogP contribution in [-0.2, 0) is 16.0 Å². The van der Waals surface area contributed by atoms with Crippen LogP contribution in [0, 0.1) is 11.8 Å². The van der Waals surface area contributed by atoms with Gasteiger partial charge in [-0.2, -0.15) is 0 Å². The number of nitrogens with one attached hydrogen (secondary N) is 2. The highest BCUT2D eigenvalue weighted by atomic mass is 16.2. The van der Waals surface area contributed by atoms with Gasteiger partial charge in [0.05, 0.1) is 12.2 Å². The Morgan fingerprint density at radius 2 is 2.00 bits per heavy atom. The standard InChI is InChI=1S/C26H34N4O3/c1-5-18-7-6-8-20(11-18)21-13-22(25(28-15-21)26(33)17(2)3)29-23(31)16-27-14-19-9-10-30(4)24(32)12-19/h6-8,11,13,15,17,19,27H,5,9-10,12,14,16H2,1-4H3,(H,29,31)/t19-/m1/s1. The largest absolute Gasteiger partial charge is 0.346 e. The molecule has 0 bridgehead atoms. The zero-order valence-corrected chi connectivity index (χ0v) is 20.0. The van der Waals surface area contributed by atoms with Gasteiger partial charge in [-0.25, -0.2) is 0 Å². The summed E-state index contributed by atoms with van der Waals surface area (Å²) in [5, 5.41) is 6.03. The lowest BCUT2D eigenvalue weighted by atomic mass is 9.96. The van der Waals surface area contributed by atoms with Crippen LogP contribution in [0.1, 0.15) is 49.7 Å². The van der Waals surface area contributed by atoms with E-state index >= 15 is 0 Å². The zero-order chi connectivity index (χ0) is 24.0. The van der Waals surface area contributed by atoms with Crippen molar-refractivity contribution in [2.75, 3.05) is 32.0 Å². The fraction of sp³-hybridized carbons (Fsp3) is 0.462. The molecule has 0 aliphatic carbocycles. The Balaban J connectivity index is 1.71. The van der Waals surface area contributed by atoms with E-state index in [0.29, 0.717) is 18.7 Å². The monoisotopic (exact) mass is 450 g/mol. The molecule has 2 amide bonds. The molecule has 33 heavy (non-hydrogen) atoms. The molecular weight excluding hydrogens is 416 g/mol. The Labute approximate surface area is 196 Å². The van der Waals surface area contributed by atoms with Crippen LogP contribution in [0.3, 0.4) is 0 Å². The smallest absolute Gasteiger partial charge is 0.238 e. The number of piperidine rings is 1. The molecule has 1 saturated heterocycles. The molecule has 0 saturated carbocycles. The van der Waals surface area contributed by atoms with Crippen LogP contribution in [0.2, 0.25) is 0 Å². The van der Waals surface area contributed by atoms with Gasteiger partial charge in [-0.15, -0.1) is 0 Å². The summed E-state index contributed by atoms with van der Waals surface area (Å²) in [7, 11) is 1.82. The summed E-state index contributed by atoms with van der Waals surface area (Å²) in [6.07, 6.45) is 4.03. The highest BCUT2D eigenvalue weighted by Gasteiger charge is 2.23. The maximum Gasteiger partial charge on any atom is 0.238 e. The number of likely N-dealkylation sites (tertiary alicyclic amines) is 1. The molecule has 0 unspecified atom stereocenters. The molecule has 1 fully saturated rings. The van der Waals surface area contributed by atoms with Gasteiger partial charge in [0.15, 0.2) is 5.78 Å². The number of pyridine rings is 1. The van der Waals surface area contributed by atoms with E-state index in [4.69, 9.17) is 0 Å². The van der Waals surface area contributed by atoms with Crippen LogP contribution in [0.25, 0.3) is 11.1 Å². The Morgan fingerprint density at radius 1 is 1.21 bits per heavy atom. The van der Waals surface area contributed by atoms with Crippen molar-refractivity contribution in [1.29, 1.82) is 0 Å². The van der Waals surface area contributed by atoms with Crippen LogP contribution in [0.4, 0.5) is 5.69 Å². The van der Waals surface area contributed by atoms with Crippen LogP contribution in [0.5, 0.6) is 0 Å². The van der Waals surface area contributed by atoms with E-state index in [1.54, 1.807) is 11.1 Å². The van der Waals surface area contributed by atoms with Gasteiger partial charge < -0.3 is 15.5 Å². The van der Waals surface area contributed by atoms with Gasteiger partial charge in [0, 0.05) is 37.7 Å². The molecule has 7 nitrogen and oxygen atoms in total. The van der Waals surface area contributed by atoms with E-state index in [1.807, 2.05) is 39.1 Å². The van der Waals surface area contributed by atoms with Crippen LogP contribution in [-0.4, -0.2) is 54.2 Å². The Bertz CT molecular complexity index is 1020. The predicted octanol–water partition coefficient (Wildman–Crippen LogP) is 3.55. The summed E-state index contributed by atoms with van der Waals surface area (Å²) in [6.45, 7) is 7.19. The van der Waals surface area contributed by atoms with Gasteiger partial charge in [0.2, 0.25) is 11.8 Å². The van der Waals surface area contributed by atoms with Gasteiger partial charge in [-0.1, -0.05) is 45.0 Å². The van der Waals surface area contributed by atoms with E-state index in [9.17, 15) is 14.4 Å². The van der Waals surface area contributed by atoms with E-state index in [2.05, 4.69) is 34.7 Å². The number of ketones is 1. The van der Waals surface area contributed by atoms with Crippen molar-refractivity contribution >= 4 is 23.3 Å². The van der Waals surface area contributed by atoms with Crippen molar-refractivity contribution < 1.29 is 14.4 Å². The van der Waals surface area contributed by atoms with Gasteiger partial charge >= 0.3 is 0 Å². The van der Waals surface area contributed by atoms with Crippen molar-refractivity contribution in [3.05, 3.63) is 47.8 Å². The first kappa shape index (κ1) is 24.6. The SMILES string of the molecule is CCc1cccc(-c2cnc(C(=O)C(C)C)c(NC(=O)CNC[C@@H]3CCN(C)C(=O)C3)c2)c1. The van der Waals surface area contributed by atoms with Crippen molar-refractivity contribution in [1.82, 2.24) is 15.2 Å². The first-order chi connectivity index (χ1) is 15.8. The molecule has 176 valence electrons. The van der Waals surface area contributed by atoms with Gasteiger partial charge in [-0.05, 0) is 42.5 Å². The fourth-order valence-electron chi connectivity index (χ4n) is 3.92.